The van der Waals surface area contributed by atoms with Crippen molar-refractivity contribution in [2.45, 2.75) is 13.3 Å². The van der Waals surface area contributed by atoms with Gasteiger partial charge in [0.1, 0.15) is 5.75 Å². The van der Waals surface area contributed by atoms with Crippen LogP contribution < -0.4 is 15.4 Å². The monoisotopic (exact) mass is 348 g/mol. The molecule has 0 aliphatic rings. The molecule has 5 nitrogen and oxygen atoms in total. The van der Waals surface area contributed by atoms with Crippen molar-refractivity contribution >= 4 is 34.0 Å². The van der Waals surface area contributed by atoms with Gasteiger partial charge in [-0.2, -0.15) is 0 Å². The van der Waals surface area contributed by atoms with Crippen molar-refractivity contribution < 1.29 is 14.3 Å². The van der Waals surface area contributed by atoms with Crippen molar-refractivity contribution in [3.05, 3.63) is 66.2 Å². The quantitative estimate of drug-likeness (QED) is 0.716. The molecule has 3 aromatic rings. The molecular formula is C21H20N2O3. The highest BCUT2D eigenvalue weighted by Crippen LogP contribution is 2.27. The van der Waals surface area contributed by atoms with Gasteiger partial charge in [0.15, 0.2) is 0 Å². The smallest absolute Gasteiger partial charge is 0.259 e. The molecule has 0 aliphatic carbocycles. The summed E-state index contributed by atoms with van der Waals surface area (Å²) in [5.41, 5.74) is 1.80. The van der Waals surface area contributed by atoms with Crippen LogP contribution in [0.3, 0.4) is 0 Å². The molecule has 132 valence electrons. The Morgan fingerprint density at radius 2 is 1.46 bits per heavy atom. The van der Waals surface area contributed by atoms with Crippen molar-refractivity contribution in [2.75, 3.05) is 17.7 Å². The number of ether oxygens (including phenoxy) is 1. The van der Waals surface area contributed by atoms with Crippen LogP contribution in [-0.4, -0.2) is 18.9 Å². The molecule has 0 heterocycles. The topological polar surface area (TPSA) is 67.4 Å². The van der Waals surface area contributed by atoms with Gasteiger partial charge < -0.3 is 15.4 Å². The molecular weight excluding hydrogens is 328 g/mol. The van der Waals surface area contributed by atoms with Crippen molar-refractivity contribution in [1.29, 1.82) is 0 Å². The van der Waals surface area contributed by atoms with Gasteiger partial charge in [-0.3, -0.25) is 9.59 Å². The SMILES string of the molecule is CCC(=O)Nc1ccc(NC(=O)c2cc3ccccc3cc2OC)cc1. The number of anilines is 2. The molecule has 0 saturated heterocycles. The average molecular weight is 348 g/mol. The van der Waals surface area contributed by atoms with Crippen molar-refractivity contribution in [1.82, 2.24) is 0 Å². The third kappa shape index (κ3) is 3.83. The third-order valence-corrected chi connectivity index (χ3v) is 4.06. The second-order valence-corrected chi connectivity index (χ2v) is 5.83. The second kappa shape index (κ2) is 7.70. The molecule has 26 heavy (non-hydrogen) atoms. The maximum Gasteiger partial charge on any atom is 0.259 e. The Hall–Kier alpha value is -3.34. The number of hydrogen-bond acceptors (Lipinski definition) is 3. The van der Waals surface area contributed by atoms with E-state index in [4.69, 9.17) is 4.74 Å². The molecule has 0 saturated carbocycles. The third-order valence-electron chi connectivity index (χ3n) is 4.06. The highest BCUT2D eigenvalue weighted by Gasteiger charge is 2.14. The first-order valence-corrected chi connectivity index (χ1v) is 8.38. The molecule has 3 rings (SSSR count). The van der Waals surface area contributed by atoms with E-state index in [1.54, 1.807) is 38.3 Å². The number of methoxy groups -OCH3 is 1. The fourth-order valence-corrected chi connectivity index (χ4v) is 2.65. The number of hydrogen-bond donors (Lipinski definition) is 2. The number of fused-ring (bicyclic) bond motifs is 1. The lowest BCUT2D eigenvalue weighted by Crippen LogP contribution is -2.13. The van der Waals surface area contributed by atoms with Gasteiger partial charge in [-0.15, -0.1) is 0 Å². The van der Waals surface area contributed by atoms with E-state index in [0.29, 0.717) is 29.1 Å². The highest BCUT2D eigenvalue weighted by atomic mass is 16.5. The Morgan fingerprint density at radius 1 is 0.885 bits per heavy atom. The predicted molar refractivity (Wildman–Crippen MR) is 104 cm³/mol. The first kappa shape index (κ1) is 17.5. The molecule has 0 aromatic heterocycles. The van der Waals surface area contributed by atoms with Crippen LogP contribution in [0.2, 0.25) is 0 Å². The average Bonchev–Trinajstić information content (AvgIpc) is 2.68. The summed E-state index contributed by atoms with van der Waals surface area (Å²) in [6.07, 6.45) is 0.417. The standard InChI is InChI=1S/C21H20N2O3/c1-3-20(24)22-16-8-10-17(11-9-16)23-21(25)18-12-14-6-4-5-7-15(14)13-19(18)26-2/h4-13H,3H2,1-2H3,(H,22,24)(H,23,25). The van der Waals surface area contributed by atoms with E-state index < -0.39 is 0 Å². The first-order chi connectivity index (χ1) is 12.6. The van der Waals surface area contributed by atoms with Crippen LogP contribution in [0.25, 0.3) is 10.8 Å². The summed E-state index contributed by atoms with van der Waals surface area (Å²) in [6.45, 7) is 1.79. The lowest BCUT2D eigenvalue weighted by atomic mass is 10.1. The van der Waals surface area contributed by atoms with Gasteiger partial charge in [0, 0.05) is 17.8 Å². The maximum absolute atomic E-state index is 12.7. The lowest BCUT2D eigenvalue weighted by Gasteiger charge is -2.11. The van der Waals surface area contributed by atoms with Crippen LogP contribution in [0, 0.1) is 0 Å². The molecule has 0 bridgehead atoms. The minimum Gasteiger partial charge on any atom is -0.496 e. The summed E-state index contributed by atoms with van der Waals surface area (Å²) in [5.74, 6) is 0.216. The van der Waals surface area contributed by atoms with Crippen molar-refractivity contribution in [3.8, 4) is 5.75 Å². The maximum atomic E-state index is 12.7. The van der Waals surface area contributed by atoms with Gasteiger partial charge in [-0.05, 0) is 47.2 Å². The summed E-state index contributed by atoms with van der Waals surface area (Å²) in [5, 5.41) is 7.61. The van der Waals surface area contributed by atoms with E-state index in [-0.39, 0.29) is 11.8 Å². The van der Waals surface area contributed by atoms with E-state index in [2.05, 4.69) is 10.6 Å². The van der Waals surface area contributed by atoms with Crippen LogP contribution in [0.15, 0.2) is 60.7 Å². The molecule has 0 unspecified atom stereocenters. The van der Waals surface area contributed by atoms with Gasteiger partial charge >= 0.3 is 0 Å². The largest absolute Gasteiger partial charge is 0.496 e. The number of amides is 2. The predicted octanol–water partition coefficient (Wildman–Crippen LogP) is 4.45. The number of carbonyl (C=O) groups excluding carboxylic acids is 2. The van der Waals surface area contributed by atoms with Crippen LogP contribution in [0.4, 0.5) is 11.4 Å². The van der Waals surface area contributed by atoms with Crippen molar-refractivity contribution in [3.63, 3.8) is 0 Å². The van der Waals surface area contributed by atoms with Gasteiger partial charge in [-0.25, -0.2) is 0 Å². The fourth-order valence-electron chi connectivity index (χ4n) is 2.65. The second-order valence-electron chi connectivity index (χ2n) is 5.83. The molecule has 0 fully saturated rings. The zero-order valence-corrected chi connectivity index (χ0v) is 14.7. The van der Waals surface area contributed by atoms with E-state index >= 15 is 0 Å². The summed E-state index contributed by atoms with van der Waals surface area (Å²) in [6, 6.07) is 18.5. The Bertz CT molecular complexity index is 949. The van der Waals surface area contributed by atoms with Crippen LogP contribution in [0.5, 0.6) is 5.75 Å². The number of carbonyl (C=O) groups is 2. The molecule has 2 amide bonds. The molecule has 0 spiro atoms. The molecule has 0 radical (unpaired) electrons. The summed E-state index contributed by atoms with van der Waals surface area (Å²) in [7, 11) is 1.55. The zero-order chi connectivity index (χ0) is 18.5. The summed E-state index contributed by atoms with van der Waals surface area (Å²) < 4.78 is 5.38. The summed E-state index contributed by atoms with van der Waals surface area (Å²) in [4.78, 5) is 24.1. The molecule has 3 aromatic carbocycles. The zero-order valence-electron chi connectivity index (χ0n) is 14.7. The van der Waals surface area contributed by atoms with Gasteiger partial charge in [0.25, 0.3) is 5.91 Å². The van der Waals surface area contributed by atoms with Crippen LogP contribution in [0.1, 0.15) is 23.7 Å². The Kier molecular flexibility index (Phi) is 5.17. The summed E-state index contributed by atoms with van der Waals surface area (Å²) >= 11 is 0. The highest BCUT2D eigenvalue weighted by molar-refractivity contribution is 6.08. The minimum atomic E-state index is -0.252. The first-order valence-electron chi connectivity index (χ1n) is 8.38. The molecule has 0 aliphatic heterocycles. The lowest BCUT2D eigenvalue weighted by molar-refractivity contribution is -0.115. The Morgan fingerprint density at radius 3 is 2.04 bits per heavy atom. The molecule has 2 N–H and O–H groups in total. The molecule has 0 atom stereocenters. The van der Waals surface area contributed by atoms with E-state index in [1.165, 1.54) is 0 Å². The van der Waals surface area contributed by atoms with Gasteiger partial charge in [-0.1, -0.05) is 31.2 Å². The van der Waals surface area contributed by atoms with Crippen molar-refractivity contribution in [2.24, 2.45) is 0 Å². The fraction of sp³-hybridized carbons (Fsp3) is 0.143. The van der Waals surface area contributed by atoms with E-state index in [1.807, 2.05) is 36.4 Å². The number of nitrogens with one attached hydrogen (secondary N) is 2. The number of benzene rings is 3. The van der Waals surface area contributed by atoms with E-state index in [0.717, 1.165) is 10.8 Å². The van der Waals surface area contributed by atoms with Crippen LogP contribution in [-0.2, 0) is 4.79 Å². The van der Waals surface area contributed by atoms with Gasteiger partial charge in [0.2, 0.25) is 5.91 Å². The Balaban J connectivity index is 1.81. The van der Waals surface area contributed by atoms with Gasteiger partial charge in [0.05, 0.1) is 12.7 Å². The van der Waals surface area contributed by atoms with E-state index in [9.17, 15) is 9.59 Å². The minimum absolute atomic E-state index is 0.0531. The molecule has 5 heteroatoms. The van der Waals surface area contributed by atoms with Crippen LogP contribution >= 0.6 is 0 Å². The number of rotatable bonds is 5. The normalized spacial score (nSPS) is 10.4. The Labute approximate surface area is 152 Å².